The Morgan fingerprint density at radius 1 is 1.50 bits per heavy atom. The smallest absolute Gasteiger partial charge is 0.347 e. The second-order valence-electron chi connectivity index (χ2n) is 2.52. The Labute approximate surface area is 73.8 Å². The molecule has 0 aromatic carbocycles. The molecule has 0 rings (SSSR count). The van der Waals surface area contributed by atoms with E-state index in [4.69, 9.17) is 22.1 Å². The van der Waals surface area contributed by atoms with Gasteiger partial charge >= 0.3 is 11.2 Å². The van der Waals surface area contributed by atoms with Crippen LogP contribution >= 0.6 is 11.6 Å². The molecule has 0 aliphatic heterocycles. The van der Waals surface area contributed by atoms with Crippen LogP contribution in [0.25, 0.3) is 0 Å². The highest BCUT2D eigenvalue weighted by Gasteiger charge is 2.31. The summed E-state index contributed by atoms with van der Waals surface area (Å²) >= 11 is 4.86. The summed E-state index contributed by atoms with van der Waals surface area (Å²) in [6, 6.07) is 0. The summed E-state index contributed by atoms with van der Waals surface area (Å²) in [4.78, 5) is 20.7. The zero-order chi connectivity index (χ0) is 9.94. The molecule has 0 unspecified atom stereocenters. The SMILES string of the molecule is CC(C)(OC(=N)C(=O)Cl)C(=O)O. The van der Waals surface area contributed by atoms with Crippen molar-refractivity contribution < 1.29 is 19.4 Å². The van der Waals surface area contributed by atoms with Gasteiger partial charge in [0.25, 0.3) is 5.90 Å². The molecule has 0 saturated heterocycles. The first kappa shape index (κ1) is 10.9. The maximum absolute atomic E-state index is 10.4. The number of hydrogen-bond donors (Lipinski definition) is 2. The van der Waals surface area contributed by atoms with Gasteiger partial charge in [-0.15, -0.1) is 0 Å². The number of nitrogens with one attached hydrogen (secondary N) is 1. The van der Waals surface area contributed by atoms with E-state index in [-0.39, 0.29) is 0 Å². The van der Waals surface area contributed by atoms with Gasteiger partial charge in [-0.1, -0.05) is 0 Å². The average Bonchev–Trinajstić information content (AvgIpc) is 1.85. The third-order valence-electron chi connectivity index (χ3n) is 1.05. The predicted octanol–water partition coefficient (Wildman–Crippen LogP) is 0.609. The number of carbonyl (C=O) groups is 2. The fourth-order valence-electron chi connectivity index (χ4n) is 0.339. The van der Waals surface area contributed by atoms with E-state index in [2.05, 4.69) is 4.74 Å². The van der Waals surface area contributed by atoms with Crippen LogP contribution in [0, 0.1) is 5.41 Å². The van der Waals surface area contributed by atoms with Gasteiger partial charge in [-0.3, -0.25) is 10.2 Å². The minimum absolute atomic E-state index is 0.871. The molecule has 0 saturated carbocycles. The van der Waals surface area contributed by atoms with E-state index >= 15 is 0 Å². The summed E-state index contributed by atoms with van der Waals surface area (Å²) in [7, 11) is 0. The first-order chi connectivity index (χ1) is 5.27. The van der Waals surface area contributed by atoms with E-state index in [9.17, 15) is 9.59 Å². The molecule has 0 amide bonds. The van der Waals surface area contributed by atoms with Gasteiger partial charge in [0.2, 0.25) is 5.60 Å². The number of halogens is 1. The maximum Gasteiger partial charge on any atom is 0.347 e. The van der Waals surface area contributed by atoms with E-state index in [0.717, 1.165) is 0 Å². The minimum atomic E-state index is -1.61. The highest BCUT2D eigenvalue weighted by Crippen LogP contribution is 2.10. The molecule has 5 nitrogen and oxygen atoms in total. The van der Waals surface area contributed by atoms with Crippen LogP contribution in [0.15, 0.2) is 0 Å². The molecule has 0 bridgehead atoms. The highest BCUT2D eigenvalue weighted by molar-refractivity contribution is 6.80. The van der Waals surface area contributed by atoms with Crippen LogP contribution in [-0.4, -0.2) is 27.8 Å². The quantitative estimate of drug-likeness (QED) is 0.391. The van der Waals surface area contributed by atoms with Gasteiger partial charge in [-0.25, -0.2) is 4.79 Å². The Morgan fingerprint density at radius 3 is 2.17 bits per heavy atom. The average molecular weight is 194 g/mol. The molecule has 0 radical (unpaired) electrons. The van der Waals surface area contributed by atoms with E-state index in [1.165, 1.54) is 13.8 Å². The van der Waals surface area contributed by atoms with Crippen molar-refractivity contribution in [1.82, 2.24) is 0 Å². The molecule has 12 heavy (non-hydrogen) atoms. The van der Waals surface area contributed by atoms with Crippen LogP contribution in [0.2, 0.25) is 0 Å². The van der Waals surface area contributed by atoms with Crippen LogP contribution < -0.4 is 0 Å². The number of rotatable bonds is 3. The topological polar surface area (TPSA) is 87.5 Å². The second-order valence-corrected chi connectivity index (χ2v) is 2.86. The van der Waals surface area contributed by atoms with Gasteiger partial charge in [0.15, 0.2) is 0 Å². The van der Waals surface area contributed by atoms with Gasteiger partial charge in [0.1, 0.15) is 0 Å². The van der Waals surface area contributed by atoms with Crippen LogP contribution in [0.4, 0.5) is 0 Å². The minimum Gasteiger partial charge on any atom is -0.478 e. The monoisotopic (exact) mass is 193 g/mol. The molecule has 0 aliphatic carbocycles. The van der Waals surface area contributed by atoms with Crippen molar-refractivity contribution in [3.05, 3.63) is 0 Å². The Bertz CT molecular complexity index is 236. The molecule has 2 N–H and O–H groups in total. The summed E-state index contributed by atoms with van der Waals surface area (Å²) in [5.41, 5.74) is -1.61. The third kappa shape index (κ3) is 2.87. The molecule has 0 aliphatic rings. The van der Waals surface area contributed by atoms with Gasteiger partial charge < -0.3 is 9.84 Å². The van der Waals surface area contributed by atoms with Crippen molar-refractivity contribution in [2.24, 2.45) is 0 Å². The first-order valence-electron chi connectivity index (χ1n) is 2.98. The van der Waals surface area contributed by atoms with E-state index < -0.39 is 22.7 Å². The van der Waals surface area contributed by atoms with E-state index in [0.29, 0.717) is 0 Å². The Balaban J connectivity index is 4.35. The van der Waals surface area contributed by atoms with Crippen molar-refractivity contribution in [2.75, 3.05) is 0 Å². The fraction of sp³-hybridized carbons (Fsp3) is 0.500. The predicted molar refractivity (Wildman–Crippen MR) is 41.4 cm³/mol. The molecular weight excluding hydrogens is 186 g/mol. The zero-order valence-corrected chi connectivity index (χ0v) is 7.31. The molecule has 0 heterocycles. The number of carboxylic acid groups (broad SMARTS) is 1. The Kier molecular flexibility index (Phi) is 3.21. The lowest BCUT2D eigenvalue weighted by Gasteiger charge is -2.19. The number of carbonyl (C=O) groups excluding carboxylic acids is 1. The van der Waals surface area contributed by atoms with Crippen LogP contribution in [0.3, 0.4) is 0 Å². The maximum atomic E-state index is 10.4. The number of aliphatic carboxylic acids is 1. The normalized spacial score (nSPS) is 10.6. The van der Waals surface area contributed by atoms with Crippen molar-refractivity contribution >= 4 is 28.7 Å². The Hall–Kier alpha value is -1.10. The molecule has 0 spiro atoms. The summed E-state index contributed by atoms with van der Waals surface area (Å²) in [5.74, 6) is -2.14. The molecule has 0 atom stereocenters. The van der Waals surface area contributed by atoms with E-state index in [1.54, 1.807) is 0 Å². The van der Waals surface area contributed by atoms with Gasteiger partial charge in [-0.05, 0) is 25.4 Å². The van der Waals surface area contributed by atoms with Gasteiger partial charge in [-0.2, -0.15) is 0 Å². The van der Waals surface area contributed by atoms with Crippen molar-refractivity contribution in [3.63, 3.8) is 0 Å². The zero-order valence-electron chi connectivity index (χ0n) is 6.55. The van der Waals surface area contributed by atoms with Crippen LogP contribution in [-0.2, 0) is 14.3 Å². The summed E-state index contributed by atoms with van der Waals surface area (Å²) < 4.78 is 4.46. The van der Waals surface area contributed by atoms with Crippen LogP contribution in [0.5, 0.6) is 0 Å². The molecule has 0 fully saturated rings. The molecule has 6 heteroatoms. The van der Waals surface area contributed by atoms with Crippen molar-refractivity contribution in [2.45, 2.75) is 19.4 Å². The molecular formula is C6H8ClNO4. The first-order valence-corrected chi connectivity index (χ1v) is 3.36. The lowest BCUT2D eigenvalue weighted by Crippen LogP contribution is -2.38. The van der Waals surface area contributed by atoms with Crippen molar-refractivity contribution in [1.29, 1.82) is 5.41 Å². The van der Waals surface area contributed by atoms with E-state index in [1.807, 2.05) is 0 Å². The lowest BCUT2D eigenvalue weighted by molar-refractivity contribution is -0.153. The largest absolute Gasteiger partial charge is 0.478 e. The second kappa shape index (κ2) is 3.53. The number of carboxylic acids is 1. The van der Waals surface area contributed by atoms with Gasteiger partial charge in [0.05, 0.1) is 0 Å². The molecule has 68 valence electrons. The highest BCUT2D eigenvalue weighted by atomic mass is 35.5. The summed E-state index contributed by atoms with van der Waals surface area (Å²) in [5, 5.41) is 14.2. The fourth-order valence-corrected chi connectivity index (χ4v) is 0.378. The molecule has 0 aromatic heterocycles. The van der Waals surface area contributed by atoms with Crippen molar-refractivity contribution in [3.8, 4) is 0 Å². The molecule has 0 aromatic rings. The Morgan fingerprint density at radius 2 is 1.92 bits per heavy atom. The van der Waals surface area contributed by atoms with Crippen LogP contribution in [0.1, 0.15) is 13.8 Å². The summed E-state index contributed by atoms with van der Waals surface area (Å²) in [6.07, 6.45) is 0. The summed E-state index contributed by atoms with van der Waals surface area (Å²) in [6.45, 7) is 2.42. The van der Waals surface area contributed by atoms with Gasteiger partial charge in [0, 0.05) is 0 Å². The lowest BCUT2D eigenvalue weighted by atomic mass is 10.1. The number of hydrogen-bond acceptors (Lipinski definition) is 4. The third-order valence-corrected chi connectivity index (χ3v) is 1.22. The standard InChI is InChI=1S/C6H8ClNO4/c1-6(2,5(10)11)12-4(8)3(7)9/h8H,1-2H3,(H,10,11). The number of ether oxygens (including phenoxy) is 1.